The predicted molar refractivity (Wildman–Crippen MR) is 541 cm³/mol. The van der Waals surface area contributed by atoms with Crippen molar-refractivity contribution < 1.29 is 94.7 Å². The molecular formula is C108H170N8O20. The zero-order chi connectivity index (χ0) is 95.4. The minimum Gasteiger partial charge on any atom is -0.490 e. The topological polar surface area (TPSA) is 294 Å². The van der Waals surface area contributed by atoms with Crippen LogP contribution in [0.1, 0.15) is 285 Å². The third-order valence-corrected chi connectivity index (χ3v) is 24.3. The van der Waals surface area contributed by atoms with E-state index in [1.54, 1.807) is 28.4 Å². The summed E-state index contributed by atoms with van der Waals surface area (Å²) in [6.07, 6.45) is 47.4. The highest BCUT2D eigenvalue weighted by molar-refractivity contribution is 6.08. The second-order valence-electron chi connectivity index (χ2n) is 35.4. The Bertz CT molecular complexity index is 4140. The monoisotopic (exact) mass is 1900 g/mol. The van der Waals surface area contributed by atoms with E-state index < -0.39 is 0 Å². The summed E-state index contributed by atoms with van der Waals surface area (Å²) >= 11 is 0. The maximum atomic E-state index is 6.93. The second kappa shape index (κ2) is 71.6. The van der Waals surface area contributed by atoms with Crippen LogP contribution in [0.5, 0.6) is 46.0 Å². The molecule has 0 unspecified atom stereocenters. The molecule has 0 spiro atoms. The number of ether oxygens (including phenoxy) is 20. The molecule has 2 N–H and O–H groups in total. The van der Waals surface area contributed by atoms with Crippen molar-refractivity contribution in [2.75, 3.05) is 213 Å². The predicted octanol–water partition coefficient (Wildman–Crippen LogP) is 24.3. The first-order chi connectivity index (χ1) is 67.3. The Morgan fingerprint density at radius 3 is 0.507 bits per heavy atom. The van der Waals surface area contributed by atoms with E-state index in [4.69, 9.17) is 125 Å². The van der Waals surface area contributed by atoms with E-state index in [1.165, 1.54) is 180 Å². The van der Waals surface area contributed by atoms with Gasteiger partial charge in [0.1, 0.15) is 49.0 Å². The Balaban J connectivity index is 1.26. The summed E-state index contributed by atoms with van der Waals surface area (Å²) in [4.78, 5) is 41.2. The smallest absolute Gasteiger partial charge is 0.164 e. The summed E-state index contributed by atoms with van der Waals surface area (Å²) in [5.41, 5.74) is 4.34. The fraction of sp³-hybridized carbons (Fsp3) is 0.704. The van der Waals surface area contributed by atoms with Gasteiger partial charge in [-0.25, -0.2) is 29.9 Å². The van der Waals surface area contributed by atoms with Crippen molar-refractivity contribution in [3.8, 4) is 91.5 Å². The highest BCUT2D eigenvalue weighted by Crippen LogP contribution is 2.47. The summed E-state index contributed by atoms with van der Waals surface area (Å²) in [6, 6.07) is 15.9. The molecule has 9 rings (SSSR count). The maximum absolute atomic E-state index is 6.93. The van der Waals surface area contributed by atoms with Gasteiger partial charge in [0.15, 0.2) is 69.3 Å². The van der Waals surface area contributed by atoms with Crippen molar-refractivity contribution >= 4 is 44.1 Å². The molecule has 8 bridgehead atoms. The molecule has 136 heavy (non-hydrogen) atoms. The summed E-state index contributed by atoms with van der Waals surface area (Å²) < 4.78 is 123. The minimum absolute atomic E-state index is 0.213. The van der Waals surface area contributed by atoms with Crippen LogP contribution in [0.4, 0.5) is 0 Å². The van der Waals surface area contributed by atoms with Crippen LogP contribution >= 0.6 is 0 Å². The number of nitrogens with one attached hydrogen (secondary N) is 2. The number of nitrogens with zero attached hydrogens (tertiary/aromatic N) is 6. The maximum Gasteiger partial charge on any atom is 0.164 e. The number of benzene rings is 4. The summed E-state index contributed by atoms with van der Waals surface area (Å²) in [7, 11) is 6.65. The first-order valence-corrected chi connectivity index (χ1v) is 52.5. The molecule has 0 fully saturated rings. The molecule has 0 saturated carbocycles. The first kappa shape index (κ1) is 112. The molecule has 4 aromatic carbocycles. The van der Waals surface area contributed by atoms with Crippen LogP contribution in [0.25, 0.3) is 89.7 Å². The highest BCUT2D eigenvalue weighted by atomic mass is 16.6. The van der Waals surface area contributed by atoms with Crippen LogP contribution in [-0.2, 0) is 56.8 Å². The van der Waals surface area contributed by atoms with Gasteiger partial charge in [-0.1, -0.05) is 259 Å². The van der Waals surface area contributed by atoms with Gasteiger partial charge < -0.3 is 105 Å². The van der Waals surface area contributed by atoms with Gasteiger partial charge >= 0.3 is 0 Å². The van der Waals surface area contributed by atoms with Gasteiger partial charge in [-0.05, 0) is 74.2 Å². The molecule has 7 aromatic rings. The lowest BCUT2D eigenvalue weighted by molar-refractivity contribution is 0.0177. The van der Waals surface area contributed by atoms with E-state index in [0.29, 0.717) is 268 Å². The molecule has 0 aliphatic carbocycles. The number of fused-ring (bicyclic) bond motifs is 20. The van der Waals surface area contributed by atoms with E-state index in [1.807, 2.05) is 48.5 Å². The molecule has 0 atom stereocenters. The highest BCUT2D eigenvalue weighted by Gasteiger charge is 2.29. The van der Waals surface area contributed by atoms with Crippen LogP contribution in [0.15, 0.2) is 48.5 Å². The lowest BCUT2D eigenvalue weighted by Gasteiger charge is -2.15. The van der Waals surface area contributed by atoms with Crippen molar-refractivity contribution in [1.82, 2.24) is 39.9 Å². The van der Waals surface area contributed by atoms with Crippen LogP contribution < -0.4 is 37.9 Å². The number of aromatic amines is 2. The Morgan fingerprint density at radius 2 is 0.324 bits per heavy atom. The molecule has 762 valence electrons. The molecule has 28 nitrogen and oxygen atoms in total. The van der Waals surface area contributed by atoms with Crippen molar-refractivity contribution in [1.29, 1.82) is 0 Å². The van der Waals surface area contributed by atoms with Gasteiger partial charge in [-0.3, -0.25) is 0 Å². The Kier molecular flexibility index (Phi) is 58.8. The number of aromatic nitrogens is 8. The van der Waals surface area contributed by atoms with Crippen LogP contribution in [-0.4, -0.2) is 253 Å². The number of H-pyrrole nitrogens is 2. The van der Waals surface area contributed by atoms with Crippen LogP contribution in [0, 0.1) is 0 Å². The fourth-order valence-corrected chi connectivity index (χ4v) is 16.5. The van der Waals surface area contributed by atoms with E-state index in [2.05, 4.69) is 37.7 Å². The van der Waals surface area contributed by atoms with Crippen molar-refractivity contribution in [3.05, 3.63) is 48.5 Å². The number of hydrogen-bond acceptors (Lipinski definition) is 26. The zero-order valence-electron chi connectivity index (χ0n) is 84.6. The number of hydrogen-bond donors (Lipinski definition) is 2. The van der Waals surface area contributed by atoms with Gasteiger partial charge in [0.2, 0.25) is 0 Å². The average molecular weight is 1900 g/mol. The Morgan fingerprint density at radius 1 is 0.169 bits per heavy atom. The van der Waals surface area contributed by atoms with Gasteiger partial charge in [0.05, 0.1) is 159 Å². The molecule has 2 aliphatic rings. The summed E-state index contributed by atoms with van der Waals surface area (Å²) in [6.45, 7) is 20.0. The minimum atomic E-state index is 0.213. The number of rotatable bonds is 88. The molecule has 0 radical (unpaired) electrons. The largest absolute Gasteiger partial charge is 0.490 e. The van der Waals surface area contributed by atoms with Crippen LogP contribution in [0.3, 0.4) is 0 Å². The van der Waals surface area contributed by atoms with E-state index in [-0.39, 0.29) is 52.9 Å². The van der Waals surface area contributed by atoms with E-state index >= 15 is 0 Å². The quantitative estimate of drug-likeness (QED) is 0.0335. The van der Waals surface area contributed by atoms with E-state index in [9.17, 15) is 0 Å². The molecule has 0 amide bonds. The molecule has 0 saturated heterocycles. The van der Waals surface area contributed by atoms with Crippen molar-refractivity contribution in [2.24, 2.45) is 0 Å². The summed E-state index contributed by atoms with van der Waals surface area (Å²) in [5.74, 6) is 5.53. The molecule has 3 aromatic heterocycles. The van der Waals surface area contributed by atoms with Gasteiger partial charge in [0.25, 0.3) is 0 Å². The number of methoxy groups -OCH3 is 4. The van der Waals surface area contributed by atoms with Gasteiger partial charge in [0, 0.05) is 72.2 Å². The van der Waals surface area contributed by atoms with Crippen molar-refractivity contribution in [3.63, 3.8) is 0 Å². The lowest BCUT2D eigenvalue weighted by atomic mass is 10.1. The molecular weight excluding hydrogens is 1730 g/mol. The fourth-order valence-electron chi connectivity index (χ4n) is 16.5. The standard InChI is InChI=1S/C108H170N8O20/c1-9-13-17-21-25-29-33-37-41-45-49-129-93-77-85-89(81-97(93)133-73-69-125-65-61-121-57-53-117-5)105-109-101(85)113-106-90-82-98(134-74-70-126-66-62-122-58-54-118-6)94(130-50-46-42-38-34-30-26-22-18-14-10-2)78-86(90)103(110-106)115-108-92-84-100(136-76-72-128-68-64-124-60-56-120-8)96(132-52-48-44-40-36-32-28-24-20-16-12-4)80-88(92)104(112-108)116-107-91-83-99(135-75-71-127-67-63-123-59-55-119-7)95(79-87(91)102(111-107)114-105)131-51-47-43-39-35-31-27-23-19-15-11-3/h77-84H,9-76H2,1-8H3,(H2,109,110,111,112,113,114,115,116). The SMILES string of the molecule is CCCCCCCCCCCCOc1cc2c(cc1OCCOCCOCCOC)-c1nc-2nc2[nH]c(nc3nc(nc4[nH]c(n1)c1cc(OCCCCCCCCCCCC)c(OCCOCCOCCOC)cc41)-c1cc(OCCCCCCCCCCCC)c(OCCOCCOCCOC)cc1-3)c1cc(OCCCCCCCCCCCC)c(OCCOCCOCCOC)cc21. The first-order valence-electron chi connectivity index (χ1n) is 52.5. The molecule has 2 aliphatic heterocycles. The van der Waals surface area contributed by atoms with Crippen LogP contribution in [0.2, 0.25) is 0 Å². The Labute approximate surface area is 812 Å². The lowest BCUT2D eigenvalue weighted by Crippen LogP contribution is -2.12. The third-order valence-electron chi connectivity index (χ3n) is 24.3. The number of unbranched alkanes of at least 4 members (excludes halogenated alkanes) is 36. The summed E-state index contributed by atoms with van der Waals surface area (Å²) in [5, 5.41) is 2.71. The van der Waals surface area contributed by atoms with Crippen molar-refractivity contribution in [2.45, 2.75) is 285 Å². The van der Waals surface area contributed by atoms with E-state index in [0.717, 1.165) is 77.0 Å². The normalized spacial score (nSPS) is 11.8. The molecule has 5 heterocycles. The zero-order valence-corrected chi connectivity index (χ0v) is 84.6. The third kappa shape index (κ3) is 42.3. The average Bonchev–Trinajstić information content (AvgIpc) is 1.59. The van der Waals surface area contributed by atoms with Gasteiger partial charge in [-0.15, -0.1) is 0 Å². The second-order valence-corrected chi connectivity index (χ2v) is 35.4. The Hall–Kier alpha value is -7.84. The van der Waals surface area contributed by atoms with Gasteiger partial charge in [-0.2, -0.15) is 0 Å². The molecule has 28 heteroatoms.